The average Bonchev–Trinajstić information content (AvgIpc) is 4.03. The first-order valence-electron chi connectivity index (χ1n) is 20.9. The number of benzene rings is 2. The number of aryl methyl sites for hydroxylation is 1. The van der Waals surface area contributed by atoms with Crippen molar-refractivity contribution in [2.45, 2.75) is 94.2 Å². The lowest BCUT2D eigenvalue weighted by atomic mass is 9.97. The Hall–Kier alpha value is -6.12. The molecule has 5 aromatic rings. The van der Waals surface area contributed by atoms with Crippen LogP contribution in [-0.2, 0) is 39.2 Å². The Morgan fingerprint density at radius 2 is 1.08 bits per heavy atom. The standard InChI is InChI=1S/C37H45N9O6.2C3H8.C2H6/c1-6-15-45(33(47)20-40-36(49)51-4)22-31-38-18-29(42-31)25-10-8-24(9-11-25)26-12-13-28(35-27(26)14-17-44(35)3)30-19-39-32(43-30)23-46(16-7-2)34(48)21-41-37(50)52-5;2*1-3-2;1-2/h8-14,17-19H,6-7,15-16,20-23H2,1-5H3,(H,38,42)(H,39,43)(H,40,49)(H,41,50);2*3H2,1-2H3;1-2H3. The third kappa shape index (κ3) is 14.6. The number of imidazole rings is 2. The predicted octanol–water partition coefficient (Wildman–Crippen LogP) is 8.67. The van der Waals surface area contributed by atoms with Crippen LogP contribution in [0.4, 0.5) is 9.59 Å². The van der Waals surface area contributed by atoms with Gasteiger partial charge in [-0.1, -0.05) is 105 Å². The Balaban J connectivity index is 0.00000144. The van der Waals surface area contributed by atoms with Crippen LogP contribution >= 0.6 is 0 Å². The first-order chi connectivity index (χ1) is 29.0. The van der Waals surface area contributed by atoms with Gasteiger partial charge in [-0.3, -0.25) is 9.59 Å². The van der Waals surface area contributed by atoms with Crippen molar-refractivity contribution < 1.29 is 28.7 Å². The normalized spacial score (nSPS) is 10.2. The summed E-state index contributed by atoms with van der Waals surface area (Å²) >= 11 is 0. The molecule has 15 heteroatoms. The van der Waals surface area contributed by atoms with E-state index in [-0.39, 0.29) is 38.0 Å². The van der Waals surface area contributed by atoms with Crippen molar-refractivity contribution in [2.75, 3.05) is 40.4 Å². The number of nitrogens with zero attached hydrogens (tertiary/aromatic N) is 5. The Morgan fingerprint density at radius 1 is 0.650 bits per heavy atom. The number of alkyl carbamates (subject to hydrolysis) is 2. The zero-order valence-electron chi connectivity index (χ0n) is 37.5. The maximum atomic E-state index is 12.8. The molecule has 2 aromatic carbocycles. The minimum atomic E-state index is -0.655. The first kappa shape index (κ1) is 50.0. The second-order valence-electron chi connectivity index (χ2n) is 13.6. The van der Waals surface area contributed by atoms with E-state index in [4.69, 9.17) is 0 Å². The second-order valence-corrected chi connectivity index (χ2v) is 13.6. The van der Waals surface area contributed by atoms with E-state index >= 15 is 0 Å². The van der Waals surface area contributed by atoms with Crippen LogP contribution in [0.1, 0.15) is 92.7 Å². The van der Waals surface area contributed by atoms with Crippen molar-refractivity contribution in [3.63, 3.8) is 0 Å². The highest BCUT2D eigenvalue weighted by molar-refractivity contribution is 6.03. The van der Waals surface area contributed by atoms with Crippen molar-refractivity contribution in [3.8, 4) is 33.6 Å². The summed E-state index contributed by atoms with van der Waals surface area (Å²) in [6.45, 7) is 17.8. The van der Waals surface area contributed by atoms with Crippen molar-refractivity contribution in [2.24, 2.45) is 7.05 Å². The van der Waals surface area contributed by atoms with E-state index in [0.717, 1.165) is 57.4 Å². The number of rotatable bonds is 15. The highest BCUT2D eigenvalue weighted by Gasteiger charge is 2.19. The fraction of sp³-hybridized carbons (Fsp3) is 0.467. The monoisotopic (exact) mass is 830 g/mol. The average molecular weight is 830 g/mol. The summed E-state index contributed by atoms with van der Waals surface area (Å²) in [6, 6.07) is 14.5. The van der Waals surface area contributed by atoms with E-state index in [1.165, 1.54) is 27.1 Å². The minimum Gasteiger partial charge on any atom is -0.453 e. The van der Waals surface area contributed by atoms with Gasteiger partial charge in [0.05, 0.1) is 56.6 Å². The third-order valence-corrected chi connectivity index (χ3v) is 8.60. The molecule has 3 aromatic heterocycles. The lowest BCUT2D eigenvalue weighted by Crippen LogP contribution is -2.40. The van der Waals surface area contributed by atoms with E-state index in [1.807, 2.05) is 53.1 Å². The van der Waals surface area contributed by atoms with Gasteiger partial charge in [0.25, 0.3) is 0 Å². The summed E-state index contributed by atoms with van der Waals surface area (Å²) in [7, 11) is 4.52. The number of ether oxygens (including phenoxy) is 2. The fourth-order valence-electron chi connectivity index (χ4n) is 6.03. The lowest BCUT2D eigenvalue weighted by molar-refractivity contribution is -0.131. The predicted molar refractivity (Wildman–Crippen MR) is 239 cm³/mol. The van der Waals surface area contributed by atoms with Gasteiger partial charge in [-0.2, -0.15) is 0 Å². The summed E-state index contributed by atoms with van der Waals surface area (Å²) in [5.41, 5.74) is 6.73. The van der Waals surface area contributed by atoms with Crippen LogP contribution in [0.25, 0.3) is 44.5 Å². The molecule has 4 N–H and O–H groups in total. The van der Waals surface area contributed by atoms with Gasteiger partial charge in [-0.05, 0) is 35.6 Å². The Kier molecular flexibility index (Phi) is 22.3. The summed E-state index contributed by atoms with van der Waals surface area (Å²) < 4.78 is 11.2. The maximum Gasteiger partial charge on any atom is 0.407 e. The third-order valence-electron chi connectivity index (χ3n) is 8.60. The van der Waals surface area contributed by atoms with Gasteiger partial charge in [-0.15, -0.1) is 0 Å². The number of fused-ring (bicyclic) bond motifs is 1. The number of hydrogen-bond acceptors (Lipinski definition) is 8. The molecular weight excluding hydrogens is 763 g/mol. The maximum absolute atomic E-state index is 12.8. The Morgan fingerprint density at radius 3 is 1.55 bits per heavy atom. The van der Waals surface area contributed by atoms with Crippen molar-refractivity contribution in [1.29, 1.82) is 0 Å². The van der Waals surface area contributed by atoms with Gasteiger partial charge in [0.1, 0.15) is 24.7 Å². The largest absolute Gasteiger partial charge is 0.453 e. The zero-order chi connectivity index (χ0) is 44.6. The van der Waals surface area contributed by atoms with Gasteiger partial charge in [0.2, 0.25) is 11.8 Å². The van der Waals surface area contributed by atoms with Crippen molar-refractivity contribution in [1.82, 2.24) is 44.9 Å². The van der Waals surface area contributed by atoms with E-state index in [0.29, 0.717) is 24.7 Å². The molecule has 0 aliphatic rings. The molecule has 0 radical (unpaired) electrons. The molecule has 0 atom stereocenters. The van der Waals surface area contributed by atoms with Gasteiger partial charge in [-0.25, -0.2) is 19.6 Å². The van der Waals surface area contributed by atoms with Gasteiger partial charge in [0, 0.05) is 37.3 Å². The van der Waals surface area contributed by atoms with E-state index < -0.39 is 12.2 Å². The molecule has 5 rings (SSSR count). The van der Waals surface area contributed by atoms with Gasteiger partial charge < -0.3 is 44.4 Å². The van der Waals surface area contributed by atoms with Crippen LogP contribution in [0.15, 0.2) is 61.1 Å². The quantitative estimate of drug-likeness (QED) is 0.0809. The van der Waals surface area contributed by atoms with Crippen LogP contribution in [-0.4, -0.2) is 98.7 Å². The minimum absolute atomic E-state index is 0.154. The first-order valence-corrected chi connectivity index (χ1v) is 20.9. The number of H-pyrrole nitrogens is 2. The molecule has 0 saturated heterocycles. The SMILES string of the molecule is CC.CCC.CCC.CCCN(Cc1ncc(-c2ccc(-c3ccc(-c4cnc(CN(CCC)C(=O)CNC(=O)OC)[nH]4)c4c3ccn4C)cc2)[nH]1)C(=O)CNC(=O)OC. The van der Waals surface area contributed by atoms with Gasteiger partial charge in [0.15, 0.2) is 0 Å². The summed E-state index contributed by atoms with van der Waals surface area (Å²) in [5.74, 6) is 0.829. The summed E-state index contributed by atoms with van der Waals surface area (Å²) in [6.07, 6.45) is 8.27. The molecule has 328 valence electrons. The molecule has 0 saturated carbocycles. The number of nitrogens with one attached hydrogen (secondary N) is 4. The number of carbonyl (C=O) groups is 4. The van der Waals surface area contributed by atoms with E-state index in [1.54, 1.807) is 22.2 Å². The molecule has 0 bridgehead atoms. The molecule has 0 aliphatic heterocycles. The summed E-state index contributed by atoms with van der Waals surface area (Å²) in [5, 5.41) is 5.96. The van der Waals surface area contributed by atoms with Crippen LogP contribution in [0.2, 0.25) is 0 Å². The van der Waals surface area contributed by atoms with E-state index in [2.05, 4.69) is 103 Å². The number of hydrogen-bond donors (Lipinski definition) is 4. The number of aromatic amines is 2. The number of aromatic nitrogens is 5. The molecule has 3 heterocycles. The van der Waals surface area contributed by atoms with E-state index in [9.17, 15) is 19.2 Å². The molecular formula is C45H67N9O6. The zero-order valence-corrected chi connectivity index (χ0v) is 37.5. The molecule has 0 spiro atoms. The van der Waals surface area contributed by atoms with Gasteiger partial charge >= 0.3 is 12.2 Å². The van der Waals surface area contributed by atoms with Crippen LogP contribution in [0, 0.1) is 0 Å². The highest BCUT2D eigenvalue weighted by Crippen LogP contribution is 2.36. The smallest absolute Gasteiger partial charge is 0.407 e. The molecule has 0 aliphatic carbocycles. The Labute approximate surface area is 355 Å². The molecule has 60 heavy (non-hydrogen) atoms. The molecule has 15 nitrogen and oxygen atoms in total. The van der Waals surface area contributed by atoms with Crippen LogP contribution in [0.5, 0.6) is 0 Å². The Bertz CT molecular complexity index is 2050. The molecule has 4 amide bonds. The molecule has 0 fully saturated rings. The molecule has 0 unspecified atom stereocenters. The van der Waals surface area contributed by atoms with Crippen LogP contribution < -0.4 is 10.6 Å². The summed E-state index contributed by atoms with van der Waals surface area (Å²) in [4.78, 5) is 67.5. The highest BCUT2D eigenvalue weighted by atomic mass is 16.5. The van der Waals surface area contributed by atoms with Crippen LogP contribution in [0.3, 0.4) is 0 Å². The fourth-order valence-corrected chi connectivity index (χ4v) is 6.03. The number of amides is 4. The van der Waals surface area contributed by atoms with Crippen molar-refractivity contribution in [3.05, 3.63) is 72.7 Å². The topological polar surface area (TPSA) is 180 Å². The number of methoxy groups -OCH3 is 2. The number of carbonyl (C=O) groups excluding carboxylic acids is 4. The van der Waals surface area contributed by atoms with Crippen molar-refractivity contribution >= 4 is 34.9 Å². The lowest BCUT2D eigenvalue weighted by Gasteiger charge is -2.21. The second kappa shape index (κ2) is 26.8.